The highest BCUT2D eigenvalue weighted by atomic mass is 16.4. The van der Waals surface area contributed by atoms with E-state index >= 15 is 0 Å². The quantitative estimate of drug-likeness (QED) is 0.566. The lowest BCUT2D eigenvalue weighted by Crippen LogP contribution is -2.17. The third-order valence-corrected chi connectivity index (χ3v) is 1.89. The summed E-state index contributed by atoms with van der Waals surface area (Å²) in [6, 6.07) is 1.85. The fraction of sp³-hybridized carbons (Fsp3) is 0. The van der Waals surface area contributed by atoms with Crippen molar-refractivity contribution in [3.05, 3.63) is 28.8 Å². The van der Waals surface area contributed by atoms with Crippen LogP contribution in [0.2, 0.25) is 0 Å². The summed E-state index contributed by atoms with van der Waals surface area (Å²) in [6.07, 6.45) is 0. The summed E-state index contributed by atoms with van der Waals surface area (Å²) in [5.41, 5.74) is 3.02. The molecule has 5 N–H and O–H groups in total. The molecule has 0 spiro atoms. The fourth-order valence-electron chi connectivity index (χ4n) is 1.19. The minimum atomic E-state index is -1.63. The van der Waals surface area contributed by atoms with Gasteiger partial charge < -0.3 is 21.1 Å². The summed E-state index contributed by atoms with van der Waals surface area (Å²) >= 11 is 0. The lowest BCUT2D eigenvalue weighted by molar-refractivity contribution is 0.0686. The first-order chi connectivity index (χ1) is 7.36. The number of carboxylic acid groups (broad SMARTS) is 2. The Kier molecular flexibility index (Phi) is 2.80. The predicted octanol–water partition coefficient (Wildman–Crippen LogP) is -0.113. The number of carbonyl (C=O) groups excluding carboxylic acids is 1. The van der Waals surface area contributed by atoms with Crippen LogP contribution in [-0.2, 0) is 0 Å². The van der Waals surface area contributed by atoms with Crippen LogP contribution >= 0.6 is 0 Å². The molecular formula is C9H7NO6. The summed E-state index contributed by atoms with van der Waals surface area (Å²) in [5.74, 6) is -5.19. The SMILES string of the molecule is NC(=O)c1ccc(C(=O)O)c(O)c1C(=O)O. The van der Waals surface area contributed by atoms with Crippen LogP contribution in [0.5, 0.6) is 5.75 Å². The van der Waals surface area contributed by atoms with Crippen molar-refractivity contribution in [3.63, 3.8) is 0 Å². The molecule has 0 aliphatic rings. The summed E-state index contributed by atoms with van der Waals surface area (Å²) in [4.78, 5) is 32.2. The third kappa shape index (κ3) is 1.78. The van der Waals surface area contributed by atoms with E-state index in [4.69, 9.17) is 15.9 Å². The number of nitrogens with two attached hydrogens (primary N) is 1. The van der Waals surface area contributed by atoms with E-state index in [1.807, 2.05) is 0 Å². The van der Waals surface area contributed by atoms with E-state index in [2.05, 4.69) is 0 Å². The van der Waals surface area contributed by atoms with Gasteiger partial charge in [-0.1, -0.05) is 0 Å². The molecule has 84 valence electrons. The Morgan fingerprint density at radius 1 is 1.00 bits per heavy atom. The Labute approximate surface area is 88.7 Å². The van der Waals surface area contributed by atoms with Gasteiger partial charge in [0.25, 0.3) is 0 Å². The number of hydrogen-bond donors (Lipinski definition) is 4. The van der Waals surface area contributed by atoms with Crippen LogP contribution in [-0.4, -0.2) is 33.2 Å². The highest BCUT2D eigenvalue weighted by molar-refractivity contribution is 6.08. The molecule has 0 fully saturated rings. The van der Waals surface area contributed by atoms with Gasteiger partial charge in [-0.05, 0) is 12.1 Å². The normalized spacial score (nSPS) is 9.75. The van der Waals surface area contributed by atoms with Gasteiger partial charge in [0, 0.05) is 0 Å². The number of rotatable bonds is 3. The van der Waals surface area contributed by atoms with Gasteiger partial charge >= 0.3 is 11.9 Å². The second-order valence-electron chi connectivity index (χ2n) is 2.86. The van der Waals surface area contributed by atoms with Crippen molar-refractivity contribution < 1.29 is 29.7 Å². The predicted molar refractivity (Wildman–Crippen MR) is 50.5 cm³/mol. The average molecular weight is 225 g/mol. The summed E-state index contributed by atoms with van der Waals surface area (Å²) < 4.78 is 0. The van der Waals surface area contributed by atoms with Crippen molar-refractivity contribution in [2.24, 2.45) is 5.73 Å². The maximum atomic E-state index is 10.9. The van der Waals surface area contributed by atoms with Crippen LogP contribution in [0.3, 0.4) is 0 Å². The number of aromatic carboxylic acids is 2. The van der Waals surface area contributed by atoms with Crippen LogP contribution in [0.25, 0.3) is 0 Å². The zero-order chi connectivity index (χ0) is 12.5. The van der Waals surface area contributed by atoms with E-state index in [9.17, 15) is 19.5 Å². The molecule has 0 heterocycles. The number of amides is 1. The second-order valence-corrected chi connectivity index (χ2v) is 2.86. The molecule has 1 aromatic rings. The molecule has 0 atom stereocenters. The van der Waals surface area contributed by atoms with E-state index in [1.165, 1.54) is 0 Å². The van der Waals surface area contributed by atoms with Gasteiger partial charge in [-0.3, -0.25) is 4.79 Å². The summed E-state index contributed by atoms with van der Waals surface area (Å²) in [5, 5.41) is 26.8. The van der Waals surface area contributed by atoms with Gasteiger partial charge in [0.15, 0.2) is 0 Å². The molecule has 0 aliphatic carbocycles. The van der Waals surface area contributed by atoms with Crippen molar-refractivity contribution in [1.82, 2.24) is 0 Å². The molecular weight excluding hydrogens is 218 g/mol. The second kappa shape index (κ2) is 3.89. The Morgan fingerprint density at radius 3 is 1.88 bits per heavy atom. The molecule has 16 heavy (non-hydrogen) atoms. The number of benzene rings is 1. The van der Waals surface area contributed by atoms with Gasteiger partial charge in [-0.2, -0.15) is 0 Å². The molecule has 1 rings (SSSR count). The van der Waals surface area contributed by atoms with Gasteiger partial charge in [-0.15, -0.1) is 0 Å². The molecule has 0 bridgehead atoms. The molecule has 0 saturated heterocycles. The Hall–Kier alpha value is -2.57. The lowest BCUT2D eigenvalue weighted by Gasteiger charge is -2.07. The Balaban J connectivity index is 3.60. The zero-order valence-electron chi connectivity index (χ0n) is 7.80. The van der Waals surface area contributed by atoms with E-state index in [0.29, 0.717) is 0 Å². The van der Waals surface area contributed by atoms with Gasteiger partial charge in [-0.25, -0.2) is 9.59 Å². The van der Waals surface area contributed by atoms with Crippen LogP contribution in [0.1, 0.15) is 31.1 Å². The molecule has 0 saturated carbocycles. The van der Waals surface area contributed by atoms with Crippen molar-refractivity contribution in [2.45, 2.75) is 0 Å². The van der Waals surface area contributed by atoms with E-state index in [1.54, 1.807) is 0 Å². The van der Waals surface area contributed by atoms with E-state index in [0.717, 1.165) is 12.1 Å². The minimum Gasteiger partial charge on any atom is -0.506 e. The molecule has 7 nitrogen and oxygen atoms in total. The smallest absolute Gasteiger partial charge is 0.340 e. The van der Waals surface area contributed by atoms with Crippen LogP contribution in [0.15, 0.2) is 12.1 Å². The first-order valence-corrected chi connectivity index (χ1v) is 3.98. The number of aromatic hydroxyl groups is 1. The Morgan fingerprint density at radius 2 is 1.50 bits per heavy atom. The van der Waals surface area contributed by atoms with Crippen LogP contribution in [0.4, 0.5) is 0 Å². The highest BCUT2D eigenvalue weighted by Gasteiger charge is 2.24. The van der Waals surface area contributed by atoms with Gasteiger partial charge in [0.2, 0.25) is 5.91 Å². The Bertz CT molecular complexity index is 493. The molecule has 1 amide bonds. The molecule has 1 aromatic carbocycles. The lowest BCUT2D eigenvalue weighted by atomic mass is 10.0. The molecule has 0 unspecified atom stereocenters. The largest absolute Gasteiger partial charge is 0.506 e. The first kappa shape index (κ1) is 11.5. The van der Waals surface area contributed by atoms with Gasteiger partial charge in [0.1, 0.15) is 16.9 Å². The van der Waals surface area contributed by atoms with Crippen molar-refractivity contribution in [2.75, 3.05) is 0 Å². The number of primary amides is 1. The minimum absolute atomic E-state index is 0.449. The number of carbonyl (C=O) groups is 3. The average Bonchev–Trinajstić information content (AvgIpc) is 2.15. The topological polar surface area (TPSA) is 138 Å². The van der Waals surface area contributed by atoms with Crippen molar-refractivity contribution >= 4 is 17.8 Å². The number of phenols is 1. The maximum Gasteiger partial charge on any atom is 0.340 e. The molecule has 0 aliphatic heterocycles. The van der Waals surface area contributed by atoms with Crippen molar-refractivity contribution in [1.29, 1.82) is 0 Å². The first-order valence-electron chi connectivity index (χ1n) is 3.98. The van der Waals surface area contributed by atoms with Crippen molar-refractivity contribution in [3.8, 4) is 5.75 Å². The molecule has 7 heteroatoms. The van der Waals surface area contributed by atoms with Crippen LogP contribution in [0, 0.1) is 0 Å². The highest BCUT2D eigenvalue weighted by Crippen LogP contribution is 2.26. The van der Waals surface area contributed by atoms with Crippen LogP contribution < -0.4 is 5.73 Å². The standard InChI is InChI=1S/C9H7NO6/c10-7(12)3-1-2-4(8(13)14)6(11)5(3)9(15)16/h1-2,11H,(H2,10,12)(H,13,14)(H,15,16). The summed E-state index contributed by atoms with van der Waals surface area (Å²) in [6.45, 7) is 0. The zero-order valence-corrected chi connectivity index (χ0v) is 7.80. The molecule has 0 aromatic heterocycles. The molecule has 0 radical (unpaired) electrons. The summed E-state index contributed by atoms with van der Waals surface area (Å²) in [7, 11) is 0. The van der Waals surface area contributed by atoms with E-state index < -0.39 is 40.3 Å². The van der Waals surface area contributed by atoms with Gasteiger partial charge in [0.05, 0.1) is 5.56 Å². The monoisotopic (exact) mass is 225 g/mol. The number of carboxylic acids is 2. The van der Waals surface area contributed by atoms with E-state index in [-0.39, 0.29) is 0 Å². The fourth-order valence-corrected chi connectivity index (χ4v) is 1.19. The maximum absolute atomic E-state index is 10.9. The number of hydrogen-bond acceptors (Lipinski definition) is 4. The third-order valence-electron chi connectivity index (χ3n) is 1.89.